The van der Waals surface area contributed by atoms with Crippen molar-refractivity contribution in [3.05, 3.63) is 29.8 Å². The fourth-order valence-electron chi connectivity index (χ4n) is 3.62. The normalized spacial score (nSPS) is 20.0. The summed E-state index contributed by atoms with van der Waals surface area (Å²) in [5, 5.41) is 2.99. The molecule has 0 radical (unpaired) electrons. The Balaban J connectivity index is 1.63. The second-order valence-electron chi connectivity index (χ2n) is 7.03. The van der Waals surface area contributed by atoms with Gasteiger partial charge in [-0.3, -0.25) is 9.59 Å². The van der Waals surface area contributed by atoms with E-state index in [9.17, 15) is 9.59 Å². The highest BCUT2D eigenvalue weighted by Crippen LogP contribution is 2.25. The van der Waals surface area contributed by atoms with Gasteiger partial charge >= 0.3 is 0 Å². The van der Waals surface area contributed by atoms with Crippen LogP contribution in [0.3, 0.4) is 0 Å². The number of rotatable bonds is 3. The summed E-state index contributed by atoms with van der Waals surface area (Å²) in [6.45, 7) is 1.41. The van der Waals surface area contributed by atoms with E-state index in [1.54, 1.807) is 6.07 Å². The molecule has 0 aromatic heterocycles. The molecule has 3 N–H and O–H groups in total. The molecule has 1 saturated carbocycles. The maximum absolute atomic E-state index is 12.6. The Hall–Kier alpha value is -1.88. The third-order valence-electron chi connectivity index (χ3n) is 5.18. The number of hydrogen-bond donors (Lipinski definition) is 2. The van der Waals surface area contributed by atoms with Crippen molar-refractivity contribution in [3.8, 4) is 0 Å². The van der Waals surface area contributed by atoms with Crippen molar-refractivity contribution in [1.82, 2.24) is 4.90 Å². The standard InChI is InChI=1S/C19H27N3O2/c20-16-9-11-22(12-10-16)19(24)15-7-4-8-17(13-15)21-18(23)14-5-2-1-3-6-14/h4,7-8,13-14,16H,1-3,5-6,9-12,20H2,(H,21,23). The molecule has 0 atom stereocenters. The largest absolute Gasteiger partial charge is 0.339 e. The Bertz CT molecular complexity index is 588. The van der Waals surface area contributed by atoms with Crippen LogP contribution in [-0.4, -0.2) is 35.8 Å². The molecule has 24 heavy (non-hydrogen) atoms. The molecule has 130 valence electrons. The van der Waals surface area contributed by atoms with E-state index in [0.717, 1.165) is 38.5 Å². The van der Waals surface area contributed by atoms with Crippen LogP contribution in [0.25, 0.3) is 0 Å². The van der Waals surface area contributed by atoms with Gasteiger partial charge in [-0.2, -0.15) is 0 Å². The van der Waals surface area contributed by atoms with Gasteiger partial charge < -0.3 is 16.0 Å². The van der Waals surface area contributed by atoms with Gasteiger partial charge in [-0.25, -0.2) is 0 Å². The van der Waals surface area contributed by atoms with Gasteiger partial charge in [0.05, 0.1) is 0 Å². The number of anilines is 1. The molecule has 2 aliphatic rings. The third-order valence-corrected chi connectivity index (χ3v) is 5.18. The first kappa shape index (κ1) is 17.0. The van der Waals surface area contributed by atoms with Crippen LogP contribution in [0.4, 0.5) is 5.69 Å². The van der Waals surface area contributed by atoms with Crippen LogP contribution >= 0.6 is 0 Å². The summed E-state index contributed by atoms with van der Waals surface area (Å²) in [7, 11) is 0. The molecule has 0 spiro atoms. The zero-order chi connectivity index (χ0) is 16.9. The van der Waals surface area contributed by atoms with Crippen molar-refractivity contribution in [2.24, 2.45) is 11.7 Å². The zero-order valence-electron chi connectivity index (χ0n) is 14.2. The molecule has 1 heterocycles. The number of benzene rings is 1. The van der Waals surface area contributed by atoms with E-state index in [4.69, 9.17) is 5.73 Å². The van der Waals surface area contributed by atoms with Crippen molar-refractivity contribution in [2.75, 3.05) is 18.4 Å². The molecular formula is C19H27N3O2. The van der Waals surface area contributed by atoms with Crippen LogP contribution in [0.2, 0.25) is 0 Å². The maximum atomic E-state index is 12.6. The Labute approximate surface area is 143 Å². The molecule has 1 saturated heterocycles. The smallest absolute Gasteiger partial charge is 0.253 e. The summed E-state index contributed by atoms with van der Waals surface area (Å²) in [4.78, 5) is 26.8. The van der Waals surface area contributed by atoms with Crippen molar-refractivity contribution in [3.63, 3.8) is 0 Å². The highest BCUT2D eigenvalue weighted by Gasteiger charge is 2.23. The molecule has 3 rings (SSSR count). The van der Waals surface area contributed by atoms with E-state index in [1.165, 1.54) is 6.42 Å². The van der Waals surface area contributed by atoms with Gasteiger partial charge in [0.15, 0.2) is 0 Å². The molecule has 1 aromatic carbocycles. The molecule has 5 nitrogen and oxygen atoms in total. The molecule has 1 aliphatic carbocycles. The van der Waals surface area contributed by atoms with Crippen LogP contribution < -0.4 is 11.1 Å². The first-order valence-corrected chi connectivity index (χ1v) is 9.09. The van der Waals surface area contributed by atoms with Crippen LogP contribution in [0.5, 0.6) is 0 Å². The lowest BCUT2D eigenvalue weighted by atomic mass is 9.88. The summed E-state index contributed by atoms with van der Waals surface area (Å²) < 4.78 is 0. The van der Waals surface area contributed by atoms with E-state index in [1.807, 2.05) is 23.1 Å². The zero-order valence-corrected chi connectivity index (χ0v) is 14.2. The third kappa shape index (κ3) is 4.15. The lowest BCUT2D eigenvalue weighted by Crippen LogP contribution is -2.42. The fourth-order valence-corrected chi connectivity index (χ4v) is 3.62. The fraction of sp³-hybridized carbons (Fsp3) is 0.579. The monoisotopic (exact) mass is 329 g/mol. The Kier molecular flexibility index (Phi) is 5.51. The summed E-state index contributed by atoms with van der Waals surface area (Å²) in [6, 6.07) is 7.49. The number of amides is 2. The molecule has 2 fully saturated rings. The average Bonchev–Trinajstić information content (AvgIpc) is 2.63. The van der Waals surface area contributed by atoms with Gasteiger partial charge in [0, 0.05) is 36.3 Å². The van der Waals surface area contributed by atoms with Crippen molar-refractivity contribution >= 4 is 17.5 Å². The average molecular weight is 329 g/mol. The Morgan fingerprint density at radius 2 is 1.75 bits per heavy atom. The lowest BCUT2D eigenvalue weighted by molar-refractivity contribution is -0.120. The summed E-state index contributed by atoms with van der Waals surface area (Å²) in [6.07, 6.45) is 7.14. The summed E-state index contributed by atoms with van der Waals surface area (Å²) >= 11 is 0. The van der Waals surface area contributed by atoms with E-state index < -0.39 is 0 Å². The van der Waals surface area contributed by atoms with Crippen LogP contribution in [0, 0.1) is 5.92 Å². The lowest BCUT2D eigenvalue weighted by Gasteiger charge is -2.30. The second-order valence-corrected chi connectivity index (χ2v) is 7.03. The summed E-state index contributed by atoms with van der Waals surface area (Å²) in [5.41, 5.74) is 7.24. The minimum atomic E-state index is 0.0238. The molecule has 1 aromatic rings. The number of nitrogens with zero attached hydrogens (tertiary/aromatic N) is 1. The second kappa shape index (κ2) is 7.79. The topological polar surface area (TPSA) is 75.4 Å². The van der Waals surface area contributed by atoms with Crippen molar-refractivity contribution in [1.29, 1.82) is 0 Å². The molecule has 2 amide bonds. The number of carbonyl (C=O) groups excluding carboxylic acids is 2. The SMILES string of the molecule is NC1CCN(C(=O)c2cccc(NC(=O)C3CCCCC3)c2)CC1. The Morgan fingerprint density at radius 1 is 1.04 bits per heavy atom. The molecule has 1 aliphatic heterocycles. The van der Waals surface area contributed by atoms with E-state index in [0.29, 0.717) is 24.3 Å². The van der Waals surface area contributed by atoms with E-state index in [2.05, 4.69) is 5.32 Å². The first-order chi connectivity index (χ1) is 11.6. The predicted molar refractivity (Wildman–Crippen MR) is 94.8 cm³/mol. The summed E-state index contributed by atoms with van der Waals surface area (Å²) in [5.74, 6) is 0.223. The highest BCUT2D eigenvalue weighted by atomic mass is 16.2. The van der Waals surface area contributed by atoms with E-state index in [-0.39, 0.29) is 23.8 Å². The van der Waals surface area contributed by atoms with Gasteiger partial charge in [0.2, 0.25) is 5.91 Å². The maximum Gasteiger partial charge on any atom is 0.253 e. The van der Waals surface area contributed by atoms with Crippen LogP contribution in [0.15, 0.2) is 24.3 Å². The Morgan fingerprint density at radius 3 is 2.46 bits per heavy atom. The number of nitrogens with one attached hydrogen (secondary N) is 1. The van der Waals surface area contributed by atoms with Crippen molar-refractivity contribution < 1.29 is 9.59 Å². The predicted octanol–water partition coefficient (Wildman–Crippen LogP) is 2.77. The van der Waals surface area contributed by atoms with Gasteiger partial charge in [-0.1, -0.05) is 25.3 Å². The van der Waals surface area contributed by atoms with Gasteiger partial charge in [-0.05, 0) is 43.9 Å². The van der Waals surface area contributed by atoms with Crippen LogP contribution in [-0.2, 0) is 4.79 Å². The highest BCUT2D eigenvalue weighted by molar-refractivity contribution is 5.97. The number of nitrogens with two attached hydrogens (primary N) is 1. The minimum Gasteiger partial charge on any atom is -0.339 e. The van der Waals surface area contributed by atoms with Gasteiger partial charge in [0.25, 0.3) is 5.91 Å². The van der Waals surface area contributed by atoms with Crippen LogP contribution in [0.1, 0.15) is 55.3 Å². The molecule has 0 unspecified atom stereocenters. The van der Waals surface area contributed by atoms with E-state index >= 15 is 0 Å². The number of carbonyl (C=O) groups is 2. The number of hydrogen-bond acceptors (Lipinski definition) is 3. The number of likely N-dealkylation sites (tertiary alicyclic amines) is 1. The molecule has 5 heteroatoms. The molecule has 0 bridgehead atoms. The van der Waals surface area contributed by atoms with Crippen molar-refractivity contribution in [2.45, 2.75) is 51.0 Å². The quantitative estimate of drug-likeness (QED) is 0.895. The first-order valence-electron chi connectivity index (χ1n) is 9.09. The van der Waals surface area contributed by atoms with Gasteiger partial charge in [-0.15, -0.1) is 0 Å². The molecular weight excluding hydrogens is 302 g/mol. The minimum absolute atomic E-state index is 0.0238. The number of piperidine rings is 1. The van der Waals surface area contributed by atoms with Gasteiger partial charge in [0.1, 0.15) is 0 Å².